The monoisotopic (exact) mass is 454 g/mol. The molecule has 30 heavy (non-hydrogen) atoms. The fraction of sp³-hybridized carbons (Fsp3) is 0.900. The summed E-state index contributed by atoms with van der Waals surface area (Å²) in [6.07, 6.45) is 10.7. The molecule has 0 heterocycles. The number of rotatable bonds is 19. The van der Waals surface area contributed by atoms with E-state index in [1.165, 1.54) is 46.0 Å². The van der Waals surface area contributed by atoms with Crippen molar-refractivity contribution >= 4 is 22.1 Å². The maximum Gasteiger partial charge on any atom is 0.366 e. The lowest BCUT2D eigenvalue weighted by Crippen LogP contribution is -2.60. The lowest BCUT2D eigenvalue weighted by molar-refractivity contribution is -0.244. The Morgan fingerprint density at radius 1 is 0.833 bits per heavy atom. The summed E-state index contributed by atoms with van der Waals surface area (Å²) in [5.74, 6) is -6.14. The van der Waals surface area contributed by atoms with Gasteiger partial charge in [0.25, 0.3) is 15.9 Å². The van der Waals surface area contributed by atoms with E-state index in [4.69, 9.17) is 14.2 Å². The molecule has 0 aromatic heterocycles. The Kier molecular flexibility index (Phi) is 14.9. The van der Waals surface area contributed by atoms with Crippen LogP contribution < -0.4 is 0 Å². The molecular weight excluding hydrogens is 416 g/mol. The van der Waals surface area contributed by atoms with E-state index in [0.29, 0.717) is 6.42 Å². The molecule has 0 aromatic rings. The predicted octanol–water partition coefficient (Wildman–Crippen LogP) is 3.56. The number of unbranched alkanes of at least 4 members (excludes halogenated alkanes) is 9. The van der Waals surface area contributed by atoms with Crippen molar-refractivity contribution in [2.45, 2.75) is 96.0 Å². The highest BCUT2D eigenvalue weighted by atomic mass is 32.2. The van der Waals surface area contributed by atoms with Crippen LogP contribution in [0.15, 0.2) is 0 Å². The molecule has 0 amide bonds. The minimum atomic E-state index is -5.18. The number of carboxylic acid groups (broad SMARTS) is 1. The number of esters is 1. The molecule has 0 aromatic carbocycles. The van der Waals surface area contributed by atoms with Crippen LogP contribution in [0.3, 0.4) is 0 Å². The van der Waals surface area contributed by atoms with Crippen molar-refractivity contribution in [3.63, 3.8) is 0 Å². The average molecular weight is 455 g/mol. The van der Waals surface area contributed by atoms with E-state index in [0.717, 1.165) is 25.7 Å². The van der Waals surface area contributed by atoms with Gasteiger partial charge in [0.05, 0.1) is 6.61 Å². The number of carbonyl (C=O) groups is 2. The van der Waals surface area contributed by atoms with Crippen LogP contribution in [-0.2, 0) is 33.9 Å². The van der Waals surface area contributed by atoms with Gasteiger partial charge in [-0.15, -0.1) is 0 Å². The molecule has 0 rings (SSSR count). The summed E-state index contributed by atoms with van der Waals surface area (Å²) in [6.45, 7) is 4.39. The third kappa shape index (κ3) is 10.2. The van der Waals surface area contributed by atoms with Crippen LogP contribution in [0.25, 0.3) is 0 Å². The molecule has 0 saturated carbocycles. The maximum atomic E-state index is 12.4. The third-order valence-corrected chi connectivity index (χ3v) is 5.71. The topological polar surface area (TPSA) is 136 Å². The van der Waals surface area contributed by atoms with E-state index in [-0.39, 0.29) is 19.8 Å². The van der Waals surface area contributed by atoms with Gasteiger partial charge in [-0.05, 0) is 20.3 Å². The molecule has 0 spiro atoms. The number of hydrogen-bond donors (Lipinski definition) is 2. The molecule has 0 bridgehead atoms. The summed E-state index contributed by atoms with van der Waals surface area (Å²) in [4.78, 5) is 24.1. The standard InChI is InChI=1S/C20H38O9S/c1-4-7-8-9-10-11-12-13-14-15-16-27-18(21)17(30(24,25)26)20(19(22)23,28-5-2)29-6-3/h17H,4-16H2,1-3H3,(H,22,23)(H,24,25,26). The zero-order chi connectivity index (χ0) is 23.0. The smallest absolute Gasteiger partial charge is 0.366 e. The SMILES string of the molecule is CCCCCCCCCCCCOC(=O)C(C(OCC)(OCC)C(=O)O)S(=O)(=O)O. The van der Waals surface area contributed by atoms with Crippen molar-refractivity contribution in [2.24, 2.45) is 0 Å². The van der Waals surface area contributed by atoms with Crippen molar-refractivity contribution in [1.82, 2.24) is 0 Å². The van der Waals surface area contributed by atoms with Crippen molar-refractivity contribution in [3.8, 4) is 0 Å². The van der Waals surface area contributed by atoms with Crippen molar-refractivity contribution < 1.29 is 41.9 Å². The number of carboxylic acids is 1. The molecule has 10 heteroatoms. The highest BCUT2D eigenvalue weighted by molar-refractivity contribution is 7.87. The fourth-order valence-electron chi connectivity index (χ4n) is 3.17. The molecule has 1 atom stereocenters. The van der Waals surface area contributed by atoms with Gasteiger partial charge >= 0.3 is 11.9 Å². The van der Waals surface area contributed by atoms with E-state index >= 15 is 0 Å². The summed E-state index contributed by atoms with van der Waals surface area (Å²) in [6, 6.07) is 0. The molecular formula is C20H38O9S. The van der Waals surface area contributed by atoms with Gasteiger partial charge in [-0.25, -0.2) is 4.79 Å². The van der Waals surface area contributed by atoms with Gasteiger partial charge in [0.15, 0.2) is 0 Å². The summed E-state index contributed by atoms with van der Waals surface area (Å²) in [7, 11) is -5.18. The van der Waals surface area contributed by atoms with Crippen LogP contribution in [0.4, 0.5) is 0 Å². The molecule has 0 fully saturated rings. The van der Waals surface area contributed by atoms with Crippen LogP contribution in [0.2, 0.25) is 0 Å². The first-order chi connectivity index (χ1) is 14.2. The molecule has 1 unspecified atom stereocenters. The number of carbonyl (C=O) groups excluding carboxylic acids is 1. The highest BCUT2D eigenvalue weighted by Crippen LogP contribution is 2.26. The maximum absolute atomic E-state index is 12.4. The minimum Gasteiger partial charge on any atom is -0.477 e. The lowest BCUT2D eigenvalue weighted by atomic mass is 10.1. The minimum absolute atomic E-state index is 0.0880. The second-order valence-corrected chi connectivity index (χ2v) is 8.58. The Bertz CT molecular complexity index is 583. The van der Waals surface area contributed by atoms with E-state index in [1.807, 2.05) is 0 Å². The van der Waals surface area contributed by atoms with Crippen molar-refractivity contribution in [1.29, 1.82) is 0 Å². The Balaban J connectivity index is 4.65. The third-order valence-electron chi connectivity index (χ3n) is 4.61. The van der Waals surface area contributed by atoms with Gasteiger partial charge in [0.1, 0.15) is 0 Å². The molecule has 0 saturated heterocycles. The molecule has 0 aliphatic rings. The zero-order valence-corrected chi connectivity index (χ0v) is 19.2. The number of ether oxygens (including phenoxy) is 3. The van der Waals surface area contributed by atoms with Gasteiger partial charge in [-0.2, -0.15) is 8.42 Å². The molecule has 0 aliphatic carbocycles. The van der Waals surface area contributed by atoms with E-state index < -0.39 is 33.1 Å². The Labute approximate surface area is 180 Å². The van der Waals surface area contributed by atoms with Gasteiger partial charge < -0.3 is 19.3 Å². The first kappa shape index (κ1) is 28.8. The quantitative estimate of drug-likeness (QED) is 0.130. The summed E-state index contributed by atoms with van der Waals surface area (Å²) in [5, 5.41) is 6.94. The van der Waals surface area contributed by atoms with Gasteiger partial charge in [0.2, 0.25) is 5.25 Å². The Morgan fingerprint density at radius 3 is 1.63 bits per heavy atom. The second-order valence-electron chi connectivity index (χ2n) is 7.08. The van der Waals surface area contributed by atoms with Crippen molar-refractivity contribution in [2.75, 3.05) is 19.8 Å². The molecule has 9 nitrogen and oxygen atoms in total. The van der Waals surface area contributed by atoms with E-state index in [9.17, 15) is 27.7 Å². The number of aliphatic carboxylic acids is 1. The van der Waals surface area contributed by atoms with E-state index in [2.05, 4.69) is 6.92 Å². The van der Waals surface area contributed by atoms with Crippen LogP contribution in [-0.4, -0.2) is 60.9 Å². The molecule has 0 radical (unpaired) electrons. The molecule has 0 aliphatic heterocycles. The predicted molar refractivity (Wildman–Crippen MR) is 112 cm³/mol. The summed E-state index contributed by atoms with van der Waals surface area (Å²) in [5.41, 5.74) is 0. The van der Waals surface area contributed by atoms with Crippen LogP contribution in [0.1, 0.15) is 85.0 Å². The van der Waals surface area contributed by atoms with E-state index in [1.54, 1.807) is 0 Å². The van der Waals surface area contributed by atoms with Gasteiger partial charge in [-0.3, -0.25) is 9.35 Å². The first-order valence-electron chi connectivity index (χ1n) is 10.8. The zero-order valence-electron chi connectivity index (χ0n) is 18.4. The highest BCUT2D eigenvalue weighted by Gasteiger charge is 2.60. The Hall–Kier alpha value is -1.23. The number of hydrogen-bond acceptors (Lipinski definition) is 7. The van der Waals surface area contributed by atoms with Crippen molar-refractivity contribution in [3.05, 3.63) is 0 Å². The largest absolute Gasteiger partial charge is 0.477 e. The summed E-state index contributed by atoms with van der Waals surface area (Å²) >= 11 is 0. The van der Waals surface area contributed by atoms with Crippen LogP contribution >= 0.6 is 0 Å². The first-order valence-corrected chi connectivity index (χ1v) is 12.3. The van der Waals surface area contributed by atoms with Gasteiger partial charge in [0, 0.05) is 13.2 Å². The van der Waals surface area contributed by atoms with Gasteiger partial charge in [-0.1, -0.05) is 64.7 Å². The average Bonchev–Trinajstić information content (AvgIpc) is 2.65. The molecule has 2 N–H and O–H groups in total. The van der Waals surface area contributed by atoms with Crippen LogP contribution in [0, 0.1) is 0 Å². The second kappa shape index (κ2) is 15.6. The molecule has 178 valence electrons. The Morgan fingerprint density at radius 2 is 1.27 bits per heavy atom. The van der Waals surface area contributed by atoms with Crippen LogP contribution in [0.5, 0.6) is 0 Å². The summed E-state index contributed by atoms with van der Waals surface area (Å²) < 4.78 is 48.0. The normalized spacial score (nSPS) is 13.2. The fourth-order valence-corrected chi connectivity index (χ4v) is 4.11. The lowest BCUT2D eigenvalue weighted by Gasteiger charge is -2.32.